The van der Waals surface area contributed by atoms with Crippen LogP contribution in [0.3, 0.4) is 0 Å². The van der Waals surface area contributed by atoms with E-state index in [1.807, 2.05) is 0 Å². The van der Waals surface area contributed by atoms with Crippen LogP contribution in [0, 0.1) is 11.8 Å². The summed E-state index contributed by atoms with van der Waals surface area (Å²) in [6, 6.07) is -3.29. The smallest absolute Gasteiger partial charge is 0.303 e. The molecular weight excluding hydrogens is 885 g/mol. The van der Waals surface area contributed by atoms with Crippen LogP contribution >= 0.6 is 0 Å². The predicted octanol–water partition coefficient (Wildman–Crippen LogP) is -5.38. The molecule has 372 valence electrons. The van der Waals surface area contributed by atoms with E-state index in [2.05, 4.69) is 42.5 Å². The molecule has 1 aromatic rings. The minimum absolute atomic E-state index is 0.0516. The molecule has 0 bridgehead atoms. The van der Waals surface area contributed by atoms with E-state index < -0.39 is 165 Å². The standard InChI is InChI=1S/C41H64N12O14/c1-5-21(4)35(53-40(66)27(48-32(58)17-42)15-22-6-8-23(54)9-7-22)41(67)51-25(10-12-29(43)55)38(64)52-28(16-30(44)56)39(65)50-24(11-13-34(60)61)36(62)47-19-33(59)49-26(14-20(2)3)37(63)46-18-31(45)57/h6-9,20-21,24-28,35,54H,5,10-19,42H2,1-4H3,(H2,43,55)(H2,44,56)(H2,45,57)(H,46,63)(H,47,62)(H,48,58)(H,49,59)(H,50,65)(H,51,67)(H,52,64)(H,53,66)(H,60,61)/t21-,24-,25-,26-,27-,28-,35-/m0/s1. The quantitative estimate of drug-likeness (QED) is 0.0331. The fourth-order valence-electron chi connectivity index (χ4n) is 6.13. The van der Waals surface area contributed by atoms with Crippen LogP contribution in [-0.4, -0.2) is 137 Å². The van der Waals surface area contributed by atoms with Crippen molar-refractivity contribution in [2.24, 2.45) is 34.8 Å². The number of aromatic hydroxyl groups is 1. The number of aliphatic carboxylic acids is 1. The van der Waals surface area contributed by atoms with Gasteiger partial charge in [0, 0.05) is 19.3 Å². The van der Waals surface area contributed by atoms with E-state index in [0.29, 0.717) is 12.0 Å². The molecule has 0 saturated heterocycles. The lowest BCUT2D eigenvalue weighted by molar-refractivity contribution is -0.138. The molecule has 1 aromatic carbocycles. The highest BCUT2D eigenvalue weighted by Gasteiger charge is 2.35. The summed E-state index contributed by atoms with van der Waals surface area (Å²) >= 11 is 0. The molecule has 0 fully saturated rings. The molecule has 26 nitrogen and oxygen atoms in total. The maximum atomic E-state index is 13.9. The molecule has 18 N–H and O–H groups in total. The molecule has 1 rings (SSSR count). The Morgan fingerprint density at radius 3 is 1.61 bits per heavy atom. The normalized spacial score (nSPS) is 13.9. The van der Waals surface area contributed by atoms with Gasteiger partial charge in [-0.05, 0) is 48.8 Å². The summed E-state index contributed by atoms with van der Waals surface area (Å²) in [5, 5.41) is 37.9. The number of amides is 11. The third-order valence-electron chi connectivity index (χ3n) is 9.86. The van der Waals surface area contributed by atoms with Crippen LogP contribution in [0.5, 0.6) is 5.75 Å². The monoisotopic (exact) mass is 948 g/mol. The Bertz CT molecular complexity index is 1950. The summed E-state index contributed by atoms with van der Waals surface area (Å²) in [6.45, 7) is 5.05. The van der Waals surface area contributed by atoms with E-state index in [0.717, 1.165) is 0 Å². The molecule has 0 saturated carbocycles. The van der Waals surface area contributed by atoms with Gasteiger partial charge >= 0.3 is 5.97 Å². The van der Waals surface area contributed by atoms with E-state index in [4.69, 9.17) is 22.9 Å². The number of phenolic OH excluding ortho intramolecular Hbond substituents is 1. The molecule has 7 atom stereocenters. The Labute approximate surface area is 385 Å². The highest BCUT2D eigenvalue weighted by Crippen LogP contribution is 2.14. The van der Waals surface area contributed by atoms with E-state index in [1.165, 1.54) is 24.3 Å². The Morgan fingerprint density at radius 2 is 1.07 bits per heavy atom. The van der Waals surface area contributed by atoms with Crippen LogP contribution < -0.4 is 65.5 Å². The average molecular weight is 949 g/mol. The molecule has 11 amide bonds. The molecule has 0 unspecified atom stereocenters. The topological polar surface area (TPSA) is 446 Å². The molecule has 0 aliphatic rings. The number of primary amides is 3. The third kappa shape index (κ3) is 22.9. The first-order valence-corrected chi connectivity index (χ1v) is 21.3. The van der Waals surface area contributed by atoms with Crippen molar-refractivity contribution in [1.82, 2.24) is 42.5 Å². The number of carbonyl (C=O) groups excluding carboxylic acids is 11. The summed E-state index contributed by atoms with van der Waals surface area (Å²) in [7, 11) is 0. The van der Waals surface area contributed by atoms with Crippen molar-refractivity contribution < 1.29 is 67.7 Å². The lowest BCUT2D eigenvalue weighted by Crippen LogP contribution is -2.61. The number of rotatable bonds is 31. The first-order valence-electron chi connectivity index (χ1n) is 21.3. The minimum atomic E-state index is -1.88. The zero-order chi connectivity index (χ0) is 51.0. The summed E-state index contributed by atoms with van der Waals surface area (Å²) in [4.78, 5) is 153. The minimum Gasteiger partial charge on any atom is -0.508 e. The Kier molecular flexibility index (Phi) is 25.1. The van der Waals surface area contributed by atoms with Gasteiger partial charge in [-0.2, -0.15) is 0 Å². The van der Waals surface area contributed by atoms with Gasteiger partial charge in [-0.25, -0.2) is 0 Å². The fourth-order valence-corrected chi connectivity index (χ4v) is 6.13. The number of carboxylic acids is 1. The van der Waals surface area contributed by atoms with Crippen molar-refractivity contribution in [3.8, 4) is 5.75 Å². The number of nitrogens with two attached hydrogens (primary N) is 4. The highest BCUT2D eigenvalue weighted by atomic mass is 16.4. The van der Waals surface area contributed by atoms with E-state index >= 15 is 0 Å². The average Bonchev–Trinajstić information content (AvgIpc) is 3.25. The second-order valence-corrected chi connectivity index (χ2v) is 16.0. The largest absolute Gasteiger partial charge is 0.508 e. The number of hydrogen-bond acceptors (Lipinski definition) is 14. The summed E-state index contributed by atoms with van der Waals surface area (Å²) in [5.41, 5.74) is 21.8. The maximum Gasteiger partial charge on any atom is 0.303 e. The van der Waals surface area contributed by atoms with Gasteiger partial charge in [-0.1, -0.05) is 46.2 Å². The zero-order valence-electron chi connectivity index (χ0n) is 37.8. The third-order valence-corrected chi connectivity index (χ3v) is 9.86. The van der Waals surface area contributed by atoms with E-state index in [-0.39, 0.29) is 24.5 Å². The molecule has 0 aromatic heterocycles. The highest BCUT2D eigenvalue weighted by molar-refractivity contribution is 5.99. The summed E-state index contributed by atoms with van der Waals surface area (Å²) in [5.74, 6) is -12.6. The van der Waals surface area contributed by atoms with Crippen LogP contribution in [0.1, 0.15) is 78.2 Å². The number of nitrogens with one attached hydrogen (secondary N) is 8. The second-order valence-electron chi connectivity index (χ2n) is 16.0. The molecule has 0 aliphatic heterocycles. The SMILES string of the molecule is CC[C@H](C)[C@H](NC(=O)[C@H](Cc1ccc(O)cc1)NC(=O)CN)C(=O)N[C@@H](CCC(N)=O)C(=O)N[C@@H](CC(N)=O)C(=O)N[C@@H](CCC(=O)O)C(=O)NCC(=O)N[C@@H](CC(C)C)C(=O)NCC(N)=O. The van der Waals surface area contributed by atoms with Crippen molar-refractivity contribution in [1.29, 1.82) is 0 Å². The first-order chi connectivity index (χ1) is 31.4. The molecule has 26 heteroatoms. The van der Waals surface area contributed by atoms with E-state index in [9.17, 15) is 67.7 Å². The molecule has 0 radical (unpaired) electrons. The van der Waals surface area contributed by atoms with Crippen molar-refractivity contribution >= 4 is 70.9 Å². The Morgan fingerprint density at radius 1 is 0.567 bits per heavy atom. The van der Waals surface area contributed by atoms with Gasteiger partial charge in [0.15, 0.2) is 0 Å². The number of phenols is 1. The van der Waals surface area contributed by atoms with Gasteiger partial charge in [0.1, 0.15) is 42.0 Å². The van der Waals surface area contributed by atoms with Crippen LogP contribution in [-0.2, 0) is 64.0 Å². The lowest BCUT2D eigenvalue weighted by Gasteiger charge is -2.29. The van der Waals surface area contributed by atoms with Gasteiger partial charge in [-0.3, -0.25) is 57.5 Å². The van der Waals surface area contributed by atoms with E-state index in [1.54, 1.807) is 27.7 Å². The number of carbonyl (C=O) groups is 12. The zero-order valence-corrected chi connectivity index (χ0v) is 37.8. The van der Waals surface area contributed by atoms with Crippen LogP contribution in [0.2, 0.25) is 0 Å². The Balaban J connectivity index is 3.35. The Hall–Kier alpha value is -7.38. The van der Waals surface area contributed by atoms with Crippen LogP contribution in [0.15, 0.2) is 24.3 Å². The maximum absolute atomic E-state index is 13.9. The fraction of sp³-hybridized carbons (Fsp3) is 0.561. The van der Waals surface area contributed by atoms with Gasteiger partial charge in [0.2, 0.25) is 65.0 Å². The van der Waals surface area contributed by atoms with Crippen LogP contribution in [0.25, 0.3) is 0 Å². The molecule has 0 heterocycles. The molecule has 0 spiro atoms. The first kappa shape index (κ1) is 57.6. The van der Waals surface area contributed by atoms with Gasteiger partial charge in [-0.15, -0.1) is 0 Å². The van der Waals surface area contributed by atoms with Gasteiger partial charge < -0.3 is 75.7 Å². The van der Waals surface area contributed by atoms with Crippen molar-refractivity contribution in [2.45, 2.75) is 115 Å². The molecule has 0 aliphatic carbocycles. The number of carboxylic acid groups (broad SMARTS) is 1. The second kappa shape index (κ2) is 29.2. The molecule has 67 heavy (non-hydrogen) atoms. The lowest BCUT2D eigenvalue weighted by atomic mass is 9.96. The van der Waals surface area contributed by atoms with Crippen molar-refractivity contribution in [3.05, 3.63) is 29.8 Å². The van der Waals surface area contributed by atoms with Gasteiger partial charge in [0.05, 0.1) is 26.1 Å². The summed E-state index contributed by atoms with van der Waals surface area (Å²) < 4.78 is 0. The number of hydrogen-bond donors (Lipinski definition) is 14. The number of benzene rings is 1. The molecular formula is C41H64N12O14. The van der Waals surface area contributed by atoms with Crippen molar-refractivity contribution in [2.75, 3.05) is 19.6 Å². The van der Waals surface area contributed by atoms with Crippen LogP contribution in [0.4, 0.5) is 0 Å². The van der Waals surface area contributed by atoms with Crippen molar-refractivity contribution in [3.63, 3.8) is 0 Å². The van der Waals surface area contributed by atoms with Gasteiger partial charge in [0.25, 0.3) is 0 Å². The predicted molar refractivity (Wildman–Crippen MR) is 236 cm³/mol. The summed E-state index contributed by atoms with van der Waals surface area (Å²) in [6.07, 6.45) is -2.79.